The minimum atomic E-state index is 0.600. The number of unbranched alkanes of at least 4 members (excludes halogenated alkanes) is 1. The van der Waals surface area contributed by atoms with Crippen LogP contribution in [0.25, 0.3) is 0 Å². The van der Waals surface area contributed by atoms with Gasteiger partial charge in [-0.25, -0.2) is 0 Å². The third kappa shape index (κ3) is 6.06. The number of nitroso groups, excluding NO2 is 1. The van der Waals surface area contributed by atoms with E-state index in [1.165, 1.54) is 5.01 Å². The van der Waals surface area contributed by atoms with Gasteiger partial charge in [0, 0.05) is 13.1 Å². The van der Waals surface area contributed by atoms with E-state index in [9.17, 15) is 4.91 Å². The lowest BCUT2D eigenvalue weighted by molar-refractivity contribution is 0.276. The summed E-state index contributed by atoms with van der Waals surface area (Å²) in [4.78, 5) is 10.2. The second-order valence-electron chi connectivity index (χ2n) is 2.67. The number of hydrogen-bond donors (Lipinski definition) is 2. The van der Waals surface area contributed by atoms with E-state index >= 15 is 0 Å². The van der Waals surface area contributed by atoms with E-state index in [2.05, 4.69) is 5.29 Å². The van der Waals surface area contributed by atoms with Crippen molar-refractivity contribution in [3.8, 4) is 0 Å². The average molecular weight is 174 g/mol. The standard InChI is InChI=1S/C7H18N4O/c8-4-1-2-6-11(10-12)7-3-5-9/h1-9H2. The molecule has 0 spiro atoms. The molecule has 0 rings (SSSR count). The topological polar surface area (TPSA) is 84.7 Å². The summed E-state index contributed by atoms with van der Waals surface area (Å²) < 4.78 is 0. The lowest BCUT2D eigenvalue weighted by Gasteiger charge is -2.13. The molecule has 0 saturated carbocycles. The van der Waals surface area contributed by atoms with E-state index in [4.69, 9.17) is 11.5 Å². The third-order valence-electron chi connectivity index (χ3n) is 1.61. The second-order valence-corrected chi connectivity index (χ2v) is 2.67. The fraction of sp³-hybridized carbons (Fsp3) is 1.00. The Balaban J connectivity index is 3.32. The molecule has 0 aliphatic heterocycles. The van der Waals surface area contributed by atoms with Crippen molar-refractivity contribution in [1.82, 2.24) is 5.01 Å². The van der Waals surface area contributed by atoms with Crippen molar-refractivity contribution in [2.45, 2.75) is 19.3 Å². The summed E-state index contributed by atoms with van der Waals surface area (Å²) in [7, 11) is 0. The lowest BCUT2D eigenvalue weighted by Crippen LogP contribution is -2.22. The Bertz CT molecular complexity index is 110. The highest BCUT2D eigenvalue weighted by atomic mass is 16.3. The Morgan fingerprint density at radius 1 is 1.00 bits per heavy atom. The first-order valence-corrected chi connectivity index (χ1v) is 4.33. The van der Waals surface area contributed by atoms with E-state index in [0.29, 0.717) is 26.2 Å². The van der Waals surface area contributed by atoms with E-state index in [1.54, 1.807) is 0 Å². The average Bonchev–Trinajstić information content (AvgIpc) is 2.11. The Hall–Kier alpha value is -0.680. The van der Waals surface area contributed by atoms with Gasteiger partial charge in [0.1, 0.15) is 0 Å². The highest BCUT2D eigenvalue weighted by molar-refractivity contribution is 4.53. The number of rotatable bonds is 8. The highest BCUT2D eigenvalue weighted by Gasteiger charge is 2.00. The summed E-state index contributed by atoms with van der Waals surface area (Å²) in [5, 5.41) is 4.39. The molecule has 0 aliphatic carbocycles. The molecule has 0 aromatic rings. The van der Waals surface area contributed by atoms with Crippen LogP contribution >= 0.6 is 0 Å². The van der Waals surface area contributed by atoms with E-state index < -0.39 is 0 Å². The van der Waals surface area contributed by atoms with Crippen molar-refractivity contribution in [2.75, 3.05) is 26.2 Å². The van der Waals surface area contributed by atoms with Gasteiger partial charge >= 0.3 is 0 Å². The maximum Gasteiger partial charge on any atom is 0.0523 e. The third-order valence-corrected chi connectivity index (χ3v) is 1.61. The van der Waals surface area contributed by atoms with Crippen molar-refractivity contribution in [1.29, 1.82) is 0 Å². The van der Waals surface area contributed by atoms with E-state index in [1.807, 2.05) is 0 Å². The van der Waals surface area contributed by atoms with Gasteiger partial charge in [0.2, 0.25) is 0 Å². The van der Waals surface area contributed by atoms with Gasteiger partial charge in [0.05, 0.1) is 5.29 Å². The van der Waals surface area contributed by atoms with Crippen molar-refractivity contribution in [3.05, 3.63) is 4.91 Å². The summed E-state index contributed by atoms with van der Waals surface area (Å²) in [5.74, 6) is 0. The maximum atomic E-state index is 10.2. The molecule has 0 radical (unpaired) electrons. The fourth-order valence-electron chi connectivity index (χ4n) is 0.906. The zero-order valence-electron chi connectivity index (χ0n) is 7.41. The molecule has 0 heterocycles. The van der Waals surface area contributed by atoms with Gasteiger partial charge in [-0.3, -0.25) is 5.01 Å². The van der Waals surface area contributed by atoms with Crippen LogP contribution in [0.4, 0.5) is 0 Å². The maximum absolute atomic E-state index is 10.2. The molecule has 0 aromatic heterocycles. The first-order valence-electron chi connectivity index (χ1n) is 4.33. The molecule has 72 valence electrons. The van der Waals surface area contributed by atoms with Crippen molar-refractivity contribution in [3.63, 3.8) is 0 Å². The van der Waals surface area contributed by atoms with Gasteiger partial charge in [0.15, 0.2) is 0 Å². The minimum absolute atomic E-state index is 0.600. The number of nitrogens with zero attached hydrogens (tertiary/aromatic N) is 2. The van der Waals surface area contributed by atoms with Crippen molar-refractivity contribution < 1.29 is 0 Å². The van der Waals surface area contributed by atoms with Crippen molar-refractivity contribution in [2.24, 2.45) is 16.8 Å². The molecular formula is C7H18N4O. The number of hydrogen-bond acceptors (Lipinski definition) is 4. The second kappa shape index (κ2) is 8.42. The summed E-state index contributed by atoms with van der Waals surface area (Å²) in [6.45, 7) is 2.62. The Morgan fingerprint density at radius 2 is 1.58 bits per heavy atom. The van der Waals surface area contributed by atoms with Gasteiger partial charge in [-0.2, -0.15) is 0 Å². The first kappa shape index (κ1) is 11.3. The van der Waals surface area contributed by atoms with Gasteiger partial charge in [0.25, 0.3) is 0 Å². The molecular weight excluding hydrogens is 156 g/mol. The molecule has 5 nitrogen and oxygen atoms in total. The summed E-state index contributed by atoms with van der Waals surface area (Å²) >= 11 is 0. The van der Waals surface area contributed by atoms with Gasteiger partial charge in [-0.1, -0.05) is 0 Å². The van der Waals surface area contributed by atoms with Gasteiger partial charge in [-0.15, -0.1) is 4.91 Å². The predicted molar refractivity (Wildman–Crippen MR) is 49.3 cm³/mol. The largest absolute Gasteiger partial charge is 0.330 e. The van der Waals surface area contributed by atoms with Crippen LogP contribution in [0.1, 0.15) is 19.3 Å². The highest BCUT2D eigenvalue weighted by Crippen LogP contribution is 1.95. The first-order chi connectivity index (χ1) is 5.85. The summed E-state index contributed by atoms with van der Waals surface area (Å²) in [6, 6.07) is 0. The van der Waals surface area contributed by atoms with Crippen LogP contribution in [-0.2, 0) is 0 Å². The molecule has 0 amide bonds. The van der Waals surface area contributed by atoms with Crippen LogP contribution in [0, 0.1) is 4.91 Å². The molecule has 0 saturated heterocycles. The smallest absolute Gasteiger partial charge is 0.0523 e. The Kier molecular flexibility index (Phi) is 7.94. The molecule has 0 fully saturated rings. The molecule has 4 N–H and O–H groups in total. The molecule has 0 bridgehead atoms. The fourth-order valence-corrected chi connectivity index (χ4v) is 0.906. The molecule has 0 aliphatic rings. The van der Waals surface area contributed by atoms with Crippen LogP contribution in [0.2, 0.25) is 0 Å². The molecule has 0 unspecified atom stereocenters. The zero-order valence-corrected chi connectivity index (χ0v) is 7.41. The monoisotopic (exact) mass is 174 g/mol. The van der Waals surface area contributed by atoms with Crippen LogP contribution in [0.15, 0.2) is 5.29 Å². The molecule has 0 atom stereocenters. The lowest BCUT2D eigenvalue weighted by atomic mass is 10.3. The van der Waals surface area contributed by atoms with Gasteiger partial charge in [-0.05, 0) is 32.4 Å². The van der Waals surface area contributed by atoms with Crippen LogP contribution < -0.4 is 11.5 Å². The SMILES string of the molecule is NCCCCN(CCCN)N=O. The predicted octanol–water partition coefficient (Wildman–Crippen LogP) is 0.0575. The summed E-state index contributed by atoms with van der Waals surface area (Å²) in [5.41, 5.74) is 10.6. The van der Waals surface area contributed by atoms with Crippen molar-refractivity contribution >= 4 is 0 Å². The zero-order chi connectivity index (χ0) is 9.23. The molecule has 5 heteroatoms. The molecule has 12 heavy (non-hydrogen) atoms. The Morgan fingerprint density at radius 3 is 2.08 bits per heavy atom. The van der Waals surface area contributed by atoms with Crippen LogP contribution in [-0.4, -0.2) is 31.2 Å². The van der Waals surface area contributed by atoms with Crippen LogP contribution in [0.3, 0.4) is 0 Å². The summed E-state index contributed by atoms with van der Waals surface area (Å²) in [6.07, 6.45) is 2.68. The van der Waals surface area contributed by atoms with Gasteiger partial charge < -0.3 is 11.5 Å². The van der Waals surface area contributed by atoms with E-state index in [0.717, 1.165) is 19.3 Å². The molecule has 0 aromatic carbocycles. The number of nitrogens with two attached hydrogens (primary N) is 2. The normalized spacial score (nSPS) is 9.83. The van der Waals surface area contributed by atoms with Crippen LogP contribution in [0.5, 0.6) is 0 Å². The van der Waals surface area contributed by atoms with E-state index in [-0.39, 0.29) is 0 Å². The quantitative estimate of drug-likeness (QED) is 0.309. The minimum Gasteiger partial charge on any atom is -0.330 e. The Labute approximate surface area is 73.0 Å².